The van der Waals surface area contributed by atoms with Gasteiger partial charge in [0.15, 0.2) is 17.3 Å². The molecule has 2 rings (SSSR count). The Bertz CT molecular complexity index is 622. The van der Waals surface area contributed by atoms with Crippen LogP contribution in [0.3, 0.4) is 0 Å². The topological polar surface area (TPSA) is 94.0 Å². The minimum Gasteiger partial charge on any atom is -0.493 e. The second-order valence-corrected chi connectivity index (χ2v) is 3.64. The van der Waals surface area contributed by atoms with Crippen LogP contribution in [-0.2, 0) is 6.61 Å². The lowest BCUT2D eigenvalue weighted by Gasteiger charge is -2.09. The first-order chi connectivity index (χ1) is 9.24. The molecule has 6 heteroatoms. The molecule has 96 valence electrons. The first-order valence-corrected chi connectivity index (χ1v) is 5.52. The second kappa shape index (κ2) is 5.69. The lowest BCUT2D eigenvalue weighted by atomic mass is 10.3. The van der Waals surface area contributed by atoms with Crippen LogP contribution >= 0.6 is 0 Å². The van der Waals surface area contributed by atoms with Crippen LogP contribution in [0.4, 0.5) is 5.82 Å². The van der Waals surface area contributed by atoms with Gasteiger partial charge in [0.1, 0.15) is 24.1 Å². The maximum Gasteiger partial charge on any atom is 0.168 e. The smallest absolute Gasteiger partial charge is 0.168 e. The summed E-state index contributed by atoms with van der Waals surface area (Å²) in [5.41, 5.74) is 5.85. The van der Waals surface area contributed by atoms with E-state index in [1.54, 1.807) is 19.2 Å². The Morgan fingerprint density at radius 1 is 1.32 bits per heavy atom. The van der Waals surface area contributed by atoms with Gasteiger partial charge in [0, 0.05) is 0 Å². The number of ether oxygens (including phenoxy) is 2. The Morgan fingerprint density at radius 2 is 2.05 bits per heavy atom. The highest BCUT2D eigenvalue weighted by molar-refractivity contribution is 5.46. The Balaban J connectivity index is 2.11. The highest BCUT2D eigenvalue weighted by Gasteiger charge is 2.06. The van der Waals surface area contributed by atoms with Gasteiger partial charge < -0.3 is 15.2 Å². The molecule has 1 aromatic heterocycles. The van der Waals surface area contributed by atoms with E-state index in [1.807, 2.05) is 18.2 Å². The fourth-order valence-corrected chi connectivity index (χ4v) is 1.47. The number of anilines is 1. The summed E-state index contributed by atoms with van der Waals surface area (Å²) in [6.45, 7) is 0.149. The summed E-state index contributed by atoms with van der Waals surface area (Å²) in [7, 11) is 1.57. The first kappa shape index (κ1) is 12.6. The Hall–Kier alpha value is -2.81. The number of nitrogens with zero attached hydrogens (tertiary/aromatic N) is 3. The summed E-state index contributed by atoms with van der Waals surface area (Å²) in [4.78, 5) is 7.99. The molecule has 0 fully saturated rings. The summed E-state index contributed by atoms with van der Waals surface area (Å²) >= 11 is 0. The average Bonchev–Trinajstić information content (AvgIpc) is 2.45. The van der Waals surface area contributed by atoms with E-state index >= 15 is 0 Å². The number of nitrogen functional groups attached to an aromatic ring is 1. The number of rotatable bonds is 4. The lowest BCUT2D eigenvalue weighted by molar-refractivity contribution is 0.276. The van der Waals surface area contributed by atoms with Crippen molar-refractivity contribution in [3.8, 4) is 17.6 Å². The zero-order valence-corrected chi connectivity index (χ0v) is 10.3. The number of para-hydroxylation sites is 2. The standard InChI is InChI=1S/C13H12N4O2/c1-18-10-4-2-3-5-11(10)19-8-12-16-7-9(6-14)13(15)17-12/h2-5,7H,8H2,1H3,(H2,15,16,17). The highest BCUT2D eigenvalue weighted by Crippen LogP contribution is 2.26. The molecule has 19 heavy (non-hydrogen) atoms. The number of nitrogens with two attached hydrogens (primary N) is 1. The van der Waals surface area contributed by atoms with E-state index in [2.05, 4.69) is 9.97 Å². The molecule has 0 amide bonds. The monoisotopic (exact) mass is 256 g/mol. The lowest BCUT2D eigenvalue weighted by Crippen LogP contribution is -2.06. The normalized spacial score (nSPS) is 9.68. The van der Waals surface area contributed by atoms with Crippen molar-refractivity contribution < 1.29 is 9.47 Å². The quantitative estimate of drug-likeness (QED) is 0.891. The summed E-state index contributed by atoms with van der Waals surface area (Å²) in [5.74, 6) is 1.78. The van der Waals surface area contributed by atoms with Gasteiger partial charge >= 0.3 is 0 Å². The van der Waals surface area contributed by atoms with Crippen LogP contribution in [0, 0.1) is 11.3 Å². The molecule has 1 aromatic carbocycles. The van der Waals surface area contributed by atoms with Gasteiger partial charge in [0.2, 0.25) is 0 Å². The van der Waals surface area contributed by atoms with Crippen LogP contribution in [-0.4, -0.2) is 17.1 Å². The highest BCUT2D eigenvalue weighted by atomic mass is 16.5. The fourth-order valence-electron chi connectivity index (χ4n) is 1.47. The Morgan fingerprint density at radius 3 is 2.68 bits per heavy atom. The molecule has 0 aliphatic heterocycles. The molecule has 0 saturated heterocycles. The van der Waals surface area contributed by atoms with Crippen LogP contribution in [0.2, 0.25) is 0 Å². The number of hydrogen-bond donors (Lipinski definition) is 1. The van der Waals surface area contributed by atoms with Crippen LogP contribution < -0.4 is 15.2 Å². The number of methoxy groups -OCH3 is 1. The summed E-state index contributed by atoms with van der Waals surface area (Å²) < 4.78 is 10.7. The Kier molecular flexibility index (Phi) is 3.78. The molecule has 0 saturated carbocycles. The van der Waals surface area contributed by atoms with Crippen molar-refractivity contribution in [3.63, 3.8) is 0 Å². The fraction of sp³-hybridized carbons (Fsp3) is 0.154. The van der Waals surface area contributed by atoms with Gasteiger partial charge in [-0.3, -0.25) is 0 Å². The van der Waals surface area contributed by atoms with E-state index in [1.165, 1.54) is 6.20 Å². The van der Waals surface area contributed by atoms with E-state index in [4.69, 9.17) is 20.5 Å². The average molecular weight is 256 g/mol. The third-order valence-electron chi connectivity index (χ3n) is 2.41. The molecule has 6 nitrogen and oxygen atoms in total. The zero-order valence-electron chi connectivity index (χ0n) is 10.3. The van der Waals surface area contributed by atoms with Crippen molar-refractivity contribution in [2.24, 2.45) is 0 Å². The molecular weight excluding hydrogens is 244 g/mol. The minimum atomic E-state index is 0.149. The number of hydrogen-bond acceptors (Lipinski definition) is 6. The van der Waals surface area contributed by atoms with Gasteiger partial charge in [-0.25, -0.2) is 9.97 Å². The van der Waals surface area contributed by atoms with Gasteiger partial charge in [0.25, 0.3) is 0 Å². The Labute approximate surface area is 110 Å². The molecule has 2 N–H and O–H groups in total. The van der Waals surface area contributed by atoms with Crippen molar-refractivity contribution in [2.75, 3.05) is 12.8 Å². The molecule has 0 unspecified atom stereocenters. The van der Waals surface area contributed by atoms with Crippen molar-refractivity contribution in [1.82, 2.24) is 9.97 Å². The third-order valence-corrected chi connectivity index (χ3v) is 2.41. The van der Waals surface area contributed by atoms with Gasteiger partial charge in [-0.15, -0.1) is 0 Å². The molecule has 0 bridgehead atoms. The van der Waals surface area contributed by atoms with Crippen molar-refractivity contribution in [3.05, 3.63) is 41.9 Å². The molecule has 0 aliphatic rings. The van der Waals surface area contributed by atoms with Crippen LogP contribution in [0.5, 0.6) is 11.5 Å². The molecule has 2 aromatic rings. The van der Waals surface area contributed by atoms with E-state index in [-0.39, 0.29) is 18.0 Å². The van der Waals surface area contributed by atoms with Crippen molar-refractivity contribution >= 4 is 5.82 Å². The summed E-state index contributed by atoms with van der Waals surface area (Å²) in [5, 5.41) is 8.73. The number of benzene rings is 1. The largest absolute Gasteiger partial charge is 0.493 e. The third kappa shape index (κ3) is 2.90. The van der Waals surface area contributed by atoms with Gasteiger partial charge in [-0.05, 0) is 12.1 Å². The first-order valence-electron chi connectivity index (χ1n) is 5.52. The summed E-state index contributed by atoms with van der Waals surface area (Å²) in [6.07, 6.45) is 1.38. The summed E-state index contributed by atoms with van der Waals surface area (Å²) in [6, 6.07) is 9.17. The molecular formula is C13H12N4O2. The van der Waals surface area contributed by atoms with E-state index in [0.717, 1.165) is 0 Å². The van der Waals surface area contributed by atoms with Crippen LogP contribution in [0.15, 0.2) is 30.5 Å². The van der Waals surface area contributed by atoms with Crippen LogP contribution in [0.25, 0.3) is 0 Å². The van der Waals surface area contributed by atoms with E-state index < -0.39 is 0 Å². The maximum absolute atomic E-state index is 8.73. The van der Waals surface area contributed by atoms with Crippen molar-refractivity contribution in [2.45, 2.75) is 6.61 Å². The predicted octanol–water partition coefficient (Wildman–Crippen LogP) is 1.52. The molecule has 1 heterocycles. The molecule has 0 aliphatic carbocycles. The van der Waals surface area contributed by atoms with E-state index in [0.29, 0.717) is 17.3 Å². The predicted molar refractivity (Wildman–Crippen MR) is 68.5 cm³/mol. The molecule has 0 atom stereocenters. The maximum atomic E-state index is 8.73. The van der Waals surface area contributed by atoms with E-state index in [9.17, 15) is 0 Å². The van der Waals surface area contributed by atoms with Gasteiger partial charge in [-0.2, -0.15) is 5.26 Å². The molecule has 0 radical (unpaired) electrons. The minimum absolute atomic E-state index is 0.149. The van der Waals surface area contributed by atoms with Crippen LogP contribution in [0.1, 0.15) is 11.4 Å². The second-order valence-electron chi connectivity index (χ2n) is 3.64. The van der Waals surface area contributed by atoms with Gasteiger partial charge in [-0.1, -0.05) is 12.1 Å². The zero-order chi connectivity index (χ0) is 13.7. The number of aromatic nitrogens is 2. The van der Waals surface area contributed by atoms with Gasteiger partial charge in [0.05, 0.1) is 13.3 Å². The number of nitriles is 1. The SMILES string of the molecule is COc1ccccc1OCc1ncc(C#N)c(N)n1. The van der Waals surface area contributed by atoms with Crippen molar-refractivity contribution in [1.29, 1.82) is 5.26 Å². The molecule has 0 spiro atoms.